The average molecular weight is 274 g/mol. The number of likely N-dealkylation sites (tertiary alicyclic amines) is 1. The largest absolute Gasteiger partial charge is 0.336 e. The second-order valence-electron chi connectivity index (χ2n) is 4.90. The number of hydrogen-bond donors (Lipinski definition) is 1. The summed E-state index contributed by atoms with van der Waals surface area (Å²) in [5.41, 5.74) is 5.93. The molecular weight excluding hydrogens is 255 g/mol. The molecule has 0 spiro atoms. The van der Waals surface area contributed by atoms with Crippen LogP contribution in [0.2, 0.25) is 0 Å². The zero-order valence-corrected chi connectivity index (χ0v) is 11.7. The maximum Gasteiger partial charge on any atom is 0.254 e. The summed E-state index contributed by atoms with van der Waals surface area (Å²) in [5, 5.41) is 0. The molecule has 20 heavy (non-hydrogen) atoms. The SMILES string of the molecule is CCC1CCCN1C(=O)c1ccc(C#CCN)c(F)c1. The maximum absolute atomic E-state index is 13.9. The molecule has 2 N–H and O–H groups in total. The Balaban J connectivity index is 2.21. The molecule has 4 heteroatoms. The van der Waals surface area contributed by atoms with Gasteiger partial charge in [0.2, 0.25) is 0 Å². The zero-order chi connectivity index (χ0) is 14.5. The van der Waals surface area contributed by atoms with E-state index in [1.54, 1.807) is 12.1 Å². The van der Waals surface area contributed by atoms with Crippen LogP contribution in [-0.2, 0) is 0 Å². The van der Waals surface area contributed by atoms with Crippen molar-refractivity contribution in [3.8, 4) is 11.8 Å². The molecule has 1 amide bonds. The predicted octanol–water partition coefficient (Wildman–Crippen LogP) is 2.15. The van der Waals surface area contributed by atoms with Gasteiger partial charge in [-0.1, -0.05) is 18.8 Å². The van der Waals surface area contributed by atoms with Gasteiger partial charge in [-0.15, -0.1) is 0 Å². The molecule has 1 atom stereocenters. The number of amides is 1. The molecular formula is C16H19FN2O. The van der Waals surface area contributed by atoms with Crippen LogP contribution < -0.4 is 5.73 Å². The summed E-state index contributed by atoms with van der Waals surface area (Å²) in [4.78, 5) is 14.2. The third-order valence-corrected chi connectivity index (χ3v) is 3.65. The third kappa shape index (κ3) is 3.00. The highest BCUT2D eigenvalue weighted by molar-refractivity contribution is 5.94. The van der Waals surface area contributed by atoms with E-state index < -0.39 is 5.82 Å². The first-order valence-corrected chi connectivity index (χ1v) is 6.96. The van der Waals surface area contributed by atoms with Crippen molar-refractivity contribution in [2.45, 2.75) is 32.2 Å². The van der Waals surface area contributed by atoms with E-state index >= 15 is 0 Å². The minimum atomic E-state index is -0.468. The summed E-state index contributed by atoms with van der Waals surface area (Å²) in [6, 6.07) is 4.73. The molecule has 0 aliphatic carbocycles. The molecule has 2 rings (SSSR count). The van der Waals surface area contributed by atoms with Crippen molar-refractivity contribution in [1.29, 1.82) is 0 Å². The lowest BCUT2D eigenvalue weighted by molar-refractivity contribution is 0.0733. The second kappa shape index (κ2) is 6.53. The monoisotopic (exact) mass is 274 g/mol. The fourth-order valence-corrected chi connectivity index (χ4v) is 2.59. The quantitative estimate of drug-likeness (QED) is 0.840. The van der Waals surface area contributed by atoms with Gasteiger partial charge in [-0.25, -0.2) is 4.39 Å². The molecule has 106 valence electrons. The van der Waals surface area contributed by atoms with E-state index in [0.29, 0.717) is 5.56 Å². The predicted molar refractivity (Wildman–Crippen MR) is 76.7 cm³/mol. The Labute approximate surface area is 119 Å². The highest BCUT2D eigenvalue weighted by Crippen LogP contribution is 2.22. The maximum atomic E-state index is 13.9. The first-order chi connectivity index (χ1) is 9.67. The van der Waals surface area contributed by atoms with Crippen molar-refractivity contribution in [3.63, 3.8) is 0 Å². The van der Waals surface area contributed by atoms with Gasteiger partial charge in [-0.2, -0.15) is 0 Å². The fraction of sp³-hybridized carbons (Fsp3) is 0.438. The third-order valence-electron chi connectivity index (χ3n) is 3.65. The summed E-state index contributed by atoms with van der Waals surface area (Å²) in [6.07, 6.45) is 2.99. The van der Waals surface area contributed by atoms with Crippen LogP contribution in [0.4, 0.5) is 4.39 Å². The summed E-state index contributed by atoms with van der Waals surface area (Å²) in [5.74, 6) is 4.70. The van der Waals surface area contributed by atoms with Crippen molar-refractivity contribution in [1.82, 2.24) is 4.90 Å². The Kier molecular flexibility index (Phi) is 4.75. The molecule has 0 bridgehead atoms. The second-order valence-corrected chi connectivity index (χ2v) is 4.90. The van der Waals surface area contributed by atoms with E-state index in [2.05, 4.69) is 18.8 Å². The first-order valence-electron chi connectivity index (χ1n) is 6.96. The number of hydrogen-bond acceptors (Lipinski definition) is 2. The zero-order valence-electron chi connectivity index (χ0n) is 11.7. The molecule has 3 nitrogen and oxygen atoms in total. The number of rotatable bonds is 2. The molecule has 0 aromatic heterocycles. The molecule has 1 aliphatic rings. The van der Waals surface area contributed by atoms with Gasteiger partial charge in [0.15, 0.2) is 0 Å². The first kappa shape index (κ1) is 14.5. The van der Waals surface area contributed by atoms with Crippen molar-refractivity contribution < 1.29 is 9.18 Å². The normalized spacial score (nSPS) is 17.8. The van der Waals surface area contributed by atoms with Gasteiger partial charge in [-0.3, -0.25) is 4.79 Å². The fourth-order valence-electron chi connectivity index (χ4n) is 2.59. The molecule has 1 heterocycles. The van der Waals surface area contributed by atoms with Crippen LogP contribution in [0.5, 0.6) is 0 Å². The minimum Gasteiger partial charge on any atom is -0.336 e. The lowest BCUT2D eigenvalue weighted by Gasteiger charge is -2.23. The van der Waals surface area contributed by atoms with Crippen LogP contribution in [0.15, 0.2) is 18.2 Å². The Bertz CT molecular complexity index is 559. The topological polar surface area (TPSA) is 46.3 Å². The molecule has 1 aromatic carbocycles. The van der Waals surface area contributed by atoms with Crippen LogP contribution in [0, 0.1) is 17.7 Å². The summed E-state index contributed by atoms with van der Waals surface area (Å²) in [7, 11) is 0. The lowest BCUT2D eigenvalue weighted by Crippen LogP contribution is -2.35. The molecule has 0 saturated carbocycles. The Hall–Kier alpha value is -1.86. The Morgan fingerprint density at radius 1 is 1.55 bits per heavy atom. The summed E-state index contributed by atoms with van der Waals surface area (Å²) in [6.45, 7) is 3.02. The average Bonchev–Trinajstić information content (AvgIpc) is 2.93. The standard InChI is InChI=1S/C16H19FN2O/c1-2-14-6-4-10-19(14)16(20)13-8-7-12(5-3-9-18)15(17)11-13/h7-8,11,14H,2,4,6,9-10,18H2,1H3. The Morgan fingerprint density at radius 2 is 2.35 bits per heavy atom. The van der Waals surface area contributed by atoms with Crippen molar-refractivity contribution in [3.05, 3.63) is 35.1 Å². The van der Waals surface area contributed by atoms with Crippen LogP contribution in [0.3, 0.4) is 0 Å². The van der Waals surface area contributed by atoms with Crippen LogP contribution in [0.1, 0.15) is 42.1 Å². The van der Waals surface area contributed by atoms with Gasteiger partial charge >= 0.3 is 0 Å². The van der Waals surface area contributed by atoms with E-state index in [-0.39, 0.29) is 24.1 Å². The van der Waals surface area contributed by atoms with Gasteiger partial charge < -0.3 is 10.6 Å². The number of nitrogens with zero attached hydrogens (tertiary/aromatic N) is 1. The number of nitrogens with two attached hydrogens (primary N) is 1. The Morgan fingerprint density at radius 3 is 3.00 bits per heavy atom. The van der Waals surface area contributed by atoms with E-state index in [9.17, 15) is 9.18 Å². The highest BCUT2D eigenvalue weighted by atomic mass is 19.1. The van der Waals surface area contributed by atoms with Gasteiger partial charge in [0.1, 0.15) is 5.82 Å². The summed E-state index contributed by atoms with van der Waals surface area (Å²) >= 11 is 0. The minimum absolute atomic E-state index is 0.0911. The van der Waals surface area contributed by atoms with Crippen molar-refractivity contribution in [2.24, 2.45) is 5.73 Å². The van der Waals surface area contributed by atoms with Crippen LogP contribution >= 0.6 is 0 Å². The number of halogens is 1. The van der Waals surface area contributed by atoms with E-state index in [1.165, 1.54) is 6.07 Å². The molecule has 1 fully saturated rings. The van der Waals surface area contributed by atoms with E-state index in [0.717, 1.165) is 25.8 Å². The van der Waals surface area contributed by atoms with Crippen LogP contribution in [0.25, 0.3) is 0 Å². The van der Waals surface area contributed by atoms with Crippen molar-refractivity contribution >= 4 is 5.91 Å². The summed E-state index contributed by atoms with van der Waals surface area (Å²) < 4.78 is 13.9. The molecule has 1 aromatic rings. The van der Waals surface area contributed by atoms with E-state index in [1.807, 2.05) is 4.90 Å². The molecule has 1 aliphatic heterocycles. The van der Waals surface area contributed by atoms with Gasteiger partial charge in [0, 0.05) is 18.2 Å². The van der Waals surface area contributed by atoms with E-state index in [4.69, 9.17) is 5.73 Å². The lowest BCUT2D eigenvalue weighted by atomic mass is 10.1. The number of carbonyl (C=O) groups is 1. The highest BCUT2D eigenvalue weighted by Gasteiger charge is 2.28. The van der Waals surface area contributed by atoms with Crippen molar-refractivity contribution in [2.75, 3.05) is 13.1 Å². The number of benzene rings is 1. The van der Waals surface area contributed by atoms with Gasteiger partial charge in [-0.05, 0) is 37.5 Å². The van der Waals surface area contributed by atoms with Crippen LogP contribution in [-0.4, -0.2) is 29.9 Å². The van der Waals surface area contributed by atoms with Gasteiger partial charge in [0.25, 0.3) is 5.91 Å². The molecule has 1 unspecified atom stereocenters. The molecule has 0 radical (unpaired) electrons. The molecule has 1 saturated heterocycles. The van der Waals surface area contributed by atoms with Gasteiger partial charge in [0.05, 0.1) is 12.1 Å². The smallest absolute Gasteiger partial charge is 0.254 e. The number of carbonyl (C=O) groups excluding carboxylic acids is 1.